The van der Waals surface area contributed by atoms with Gasteiger partial charge in [0.25, 0.3) is 0 Å². The van der Waals surface area contributed by atoms with E-state index in [-0.39, 0.29) is 18.4 Å². The summed E-state index contributed by atoms with van der Waals surface area (Å²) in [5.41, 5.74) is 0.167. The van der Waals surface area contributed by atoms with Crippen molar-refractivity contribution in [2.24, 2.45) is 0 Å². The van der Waals surface area contributed by atoms with E-state index in [0.717, 1.165) is 0 Å². The van der Waals surface area contributed by atoms with E-state index in [4.69, 9.17) is 9.47 Å². The van der Waals surface area contributed by atoms with Gasteiger partial charge in [0.15, 0.2) is 11.5 Å². The smallest absolute Gasteiger partial charge is 0.244 e. The SMILES string of the molecule is COc1ccc(NC(=O)CN(C(C)=O)C(C)(C)C)cc1OC. The molecule has 6 nitrogen and oxygen atoms in total. The first-order valence-corrected chi connectivity index (χ1v) is 6.99. The summed E-state index contributed by atoms with van der Waals surface area (Å²) in [5, 5.41) is 2.76. The van der Waals surface area contributed by atoms with Crippen LogP contribution < -0.4 is 14.8 Å². The summed E-state index contributed by atoms with van der Waals surface area (Å²) in [6, 6.07) is 5.10. The zero-order valence-corrected chi connectivity index (χ0v) is 14.0. The summed E-state index contributed by atoms with van der Waals surface area (Å²) in [5.74, 6) is 0.701. The van der Waals surface area contributed by atoms with Gasteiger partial charge in [0.05, 0.1) is 14.2 Å². The Balaban J connectivity index is 2.82. The Labute approximate surface area is 131 Å². The number of carbonyl (C=O) groups is 2. The van der Waals surface area contributed by atoms with E-state index in [9.17, 15) is 9.59 Å². The molecule has 6 heteroatoms. The lowest BCUT2D eigenvalue weighted by Gasteiger charge is -2.34. The summed E-state index contributed by atoms with van der Waals surface area (Å²) in [6.07, 6.45) is 0. The Morgan fingerprint density at radius 3 is 2.18 bits per heavy atom. The molecule has 0 saturated carbocycles. The molecule has 0 bridgehead atoms. The maximum Gasteiger partial charge on any atom is 0.244 e. The van der Waals surface area contributed by atoms with E-state index in [2.05, 4.69) is 5.32 Å². The molecule has 1 aromatic carbocycles. The van der Waals surface area contributed by atoms with E-state index < -0.39 is 5.54 Å². The molecular weight excluding hydrogens is 284 g/mol. The maximum atomic E-state index is 12.2. The Hall–Kier alpha value is -2.24. The van der Waals surface area contributed by atoms with Gasteiger partial charge in [-0.25, -0.2) is 0 Å². The average Bonchev–Trinajstić information content (AvgIpc) is 2.43. The molecule has 0 fully saturated rings. The topological polar surface area (TPSA) is 67.9 Å². The second-order valence-electron chi connectivity index (χ2n) is 5.89. The third-order valence-electron chi connectivity index (χ3n) is 3.16. The first kappa shape index (κ1) is 17.8. The van der Waals surface area contributed by atoms with Gasteiger partial charge in [-0.15, -0.1) is 0 Å². The molecule has 0 heterocycles. The summed E-state index contributed by atoms with van der Waals surface area (Å²) in [4.78, 5) is 25.3. The van der Waals surface area contributed by atoms with Crippen LogP contribution in [0.2, 0.25) is 0 Å². The second kappa shape index (κ2) is 7.15. The molecule has 2 amide bonds. The highest BCUT2D eigenvalue weighted by Gasteiger charge is 2.25. The Morgan fingerprint density at radius 1 is 1.14 bits per heavy atom. The van der Waals surface area contributed by atoms with Crippen molar-refractivity contribution in [2.75, 3.05) is 26.1 Å². The molecule has 1 rings (SSSR count). The molecule has 0 aromatic heterocycles. The van der Waals surface area contributed by atoms with Crippen molar-refractivity contribution < 1.29 is 19.1 Å². The van der Waals surface area contributed by atoms with Crippen LogP contribution in [0, 0.1) is 0 Å². The molecule has 22 heavy (non-hydrogen) atoms. The Kier molecular flexibility index (Phi) is 5.79. The second-order valence-corrected chi connectivity index (χ2v) is 5.89. The number of nitrogens with one attached hydrogen (secondary N) is 1. The van der Waals surface area contributed by atoms with Crippen LogP contribution in [0.15, 0.2) is 18.2 Å². The largest absolute Gasteiger partial charge is 0.493 e. The van der Waals surface area contributed by atoms with Crippen molar-refractivity contribution >= 4 is 17.5 Å². The number of hydrogen-bond donors (Lipinski definition) is 1. The van der Waals surface area contributed by atoms with Crippen LogP contribution in [-0.4, -0.2) is 43.0 Å². The third kappa shape index (κ3) is 4.65. The van der Waals surface area contributed by atoms with E-state index >= 15 is 0 Å². The standard InChI is InChI=1S/C16H24N2O4/c1-11(19)18(16(2,3)4)10-15(20)17-12-7-8-13(21-5)14(9-12)22-6/h7-9H,10H2,1-6H3,(H,17,20). The fourth-order valence-corrected chi connectivity index (χ4v) is 2.08. The van der Waals surface area contributed by atoms with Gasteiger partial charge in [0.2, 0.25) is 11.8 Å². The monoisotopic (exact) mass is 308 g/mol. The van der Waals surface area contributed by atoms with Crippen molar-refractivity contribution in [3.63, 3.8) is 0 Å². The number of methoxy groups -OCH3 is 2. The molecule has 0 aliphatic heterocycles. The third-order valence-corrected chi connectivity index (χ3v) is 3.16. The molecule has 122 valence electrons. The van der Waals surface area contributed by atoms with Crippen LogP contribution >= 0.6 is 0 Å². The lowest BCUT2D eigenvalue weighted by molar-refractivity contribution is -0.137. The molecule has 1 N–H and O–H groups in total. The summed E-state index contributed by atoms with van der Waals surface area (Å²) < 4.78 is 10.3. The van der Waals surface area contributed by atoms with Gasteiger partial charge in [-0.05, 0) is 32.9 Å². The Morgan fingerprint density at radius 2 is 1.73 bits per heavy atom. The first-order chi connectivity index (χ1) is 10.2. The molecular formula is C16H24N2O4. The summed E-state index contributed by atoms with van der Waals surface area (Å²) in [6.45, 7) is 7.11. The van der Waals surface area contributed by atoms with Gasteiger partial charge in [-0.1, -0.05) is 0 Å². The van der Waals surface area contributed by atoms with E-state index in [0.29, 0.717) is 17.2 Å². The van der Waals surface area contributed by atoms with Gasteiger partial charge in [-0.3, -0.25) is 9.59 Å². The number of benzene rings is 1. The van der Waals surface area contributed by atoms with Gasteiger partial charge in [0.1, 0.15) is 6.54 Å². The minimum Gasteiger partial charge on any atom is -0.493 e. The average molecular weight is 308 g/mol. The number of nitrogens with zero attached hydrogens (tertiary/aromatic N) is 1. The lowest BCUT2D eigenvalue weighted by Crippen LogP contribution is -2.48. The van der Waals surface area contributed by atoms with Crippen molar-refractivity contribution in [1.82, 2.24) is 4.90 Å². The van der Waals surface area contributed by atoms with E-state index in [1.54, 1.807) is 25.3 Å². The number of ether oxygens (including phenoxy) is 2. The van der Waals surface area contributed by atoms with Gasteiger partial charge < -0.3 is 19.7 Å². The normalized spacial score (nSPS) is 10.8. The fourth-order valence-electron chi connectivity index (χ4n) is 2.08. The zero-order valence-electron chi connectivity index (χ0n) is 14.0. The number of amides is 2. The van der Waals surface area contributed by atoms with Crippen molar-refractivity contribution in [2.45, 2.75) is 33.2 Å². The maximum absolute atomic E-state index is 12.2. The van der Waals surface area contributed by atoms with E-state index in [1.807, 2.05) is 20.8 Å². The van der Waals surface area contributed by atoms with Crippen molar-refractivity contribution in [1.29, 1.82) is 0 Å². The van der Waals surface area contributed by atoms with Crippen molar-refractivity contribution in [3.8, 4) is 11.5 Å². The zero-order chi connectivity index (χ0) is 16.9. The predicted molar refractivity (Wildman–Crippen MR) is 85.3 cm³/mol. The van der Waals surface area contributed by atoms with Crippen molar-refractivity contribution in [3.05, 3.63) is 18.2 Å². The number of carbonyl (C=O) groups excluding carboxylic acids is 2. The van der Waals surface area contributed by atoms with Crippen LogP contribution in [0.5, 0.6) is 11.5 Å². The fraction of sp³-hybridized carbons (Fsp3) is 0.500. The number of hydrogen-bond acceptors (Lipinski definition) is 4. The molecule has 0 aliphatic rings. The molecule has 0 aliphatic carbocycles. The molecule has 0 radical (unpaired) electrons. The molecule has 0 saturated heterocycles. The van der Waals surface area contributed by atoms with Crippen LogP contribution in [0.25, 0.3) is 0 Å². The highest BCUT2D eigenvalue weighted by atomic mass is 16.5. The van der Waals surface area contributed by atoms with E-state index in [1.165, 1.54) is 18.9 Å². The van der Waals surface area contributed by atoms with Crippen LogP contribution in [0.4, 0.5) is 5.69 Å². The first-order valence-electron chi connectivity index (χ1n) is 6.99. The lowest BCUT2D eigenvalue weighted by atomic mass is 10.1. The molecule has 0 spiro atoms. The molecule has 1 aromatic rings. The minimum atomic E-state index is -0.416. The van der Waals surface area contributed by atoms with Crippen LogP contribution in [-0.2, 0) is 9.59 Å². The molecule has 0 unspecified atom stereocenters. The number of rotatable bonds is 5. The van der Waals surface area contributed by atoms with Gasteiger partial charge in [-0.2, -0.15) is 0 Å². The summed E-state index contributed by atoms with van der Waals surface area (Å²) in [7, 11) is 3.07. The highest BCUT2D eigenvalue weighted by Crippen LogP contribution is 2.29. The quantitative estimate of drug-likeness (QED) is 0.906. The number of anilines is 1. The predicted octanol–water partition coefficient (Wildman–Crippen LogP) is 2.29. The highest BCUT2D eigenvalue weighted by molar-refractivity contribution is 5.94. The Bertz CT molecular complexity index is 550. The molecule has 0 atom stereocenters. The van der Waals surface area contributed by atoms with Crippen LogP contribution in [0.3, 0.4) is 0 Å². The van der Waals surface area contributed by atoms with Gasteiger partial charge in [0, 0.05) is 24.2 Å². The van der Waals surface area contributed by atoms with Gasteiger partial charge >= 0.3 is 0 Å². The summed E-state index contributed by atoms with van der Waals surface area (Å²) >= 11 is 0. The minimum absolute atomic E-state index is 0.00677. The van der Waals surface area contributed by atoms with Crippen LogP contribution in [0.1, 0.15) is 27.7 Å².